The molecule has 1 saturated heterocycles. The van der Waals surface area contributed by atoms with Gasteiger partial charge in [-0.15, -0.1) is 0 Å². The van der Waals surface area contributed by atoms with Crippen molar-refractivity contribution in [1.29, 1.82) is 0 Å². The molecule has 0 bridgehead atoms. The van der Waals surface area contributed by atoms with E-state index in [9.17, 15) is 10.1 Å². The second-order valence-corrected chi connectivity index (χ2v) is 5.36. The van der Waals surface area contributed by atoms with Crippen LogP contribution in [-0.2, 0) is 13.5 Å². The quantitative estimate of drug-likeness (QED) is 0.651. The van der Waals surface area contributed by atoms with Gasteiger partial charge >= 0.3 is 5.69 Å². The summed E-state index contributed by atoms with van der Waals surface area (Å²) < 4.78 is 1.65. The van der Waals surface area contributed by atoms with Crippen molar-refractivity contribution in [3.8, 4) is 0 Å². The lowest BCUT2D eigenvalue weighted by Gasteiger charge is -2.32. The first-order valence-corrected chi connectivity index (χ1v) is 7.23. The van der Waals surface area contributed by atoms with Crippen LogP contribution < -0.4 is 10.6 Å². The smallest absolute Gasteiger partial charge is 0.334 e. The van der Waals surface area contributed by atoms with Gasteiger partial charge in [-0.1, -0.05) is 6.92 Å². The fourth-order valence-corrected chi connectivity index (χ4v) is 3.01. The molecule has 0 atom stereocenters. The van der Waals surface area contributed by atoms with Crippen LogP contribution in [-0.4, -0.2) is 34.3 Å². The lowest BCUT2D eigenvalue weighted by Crippen LogP contribution is -2.35. The number of piperidine rings is 1. The largest absolute Gasteiger partial charge is 0.351 e. The first kappa shape index (κ1) is 14.8. The Morgan fingerprint density at radius 2 is 2.10 bits per heavy atom. The summed E-state index contributed by atoms with van der Waals surface area (Å²) >= 11 is 0. The molecule has 0 saturated carbocycles. The summed E-state index contributed by atoms with van der Waals surface area (Å²) in [4.78, 5) is 13.1. The highest BCUT2D eigenvalue weighted by Crippen LogP contribution is 2.34. The van der Waals surface area contributed by atoms with Gasteiger partial charge in [0.25, 0.3) is 0 Å². The van der Waals surface area contributed by atoms with Crippen molar-refractivity contribution >= 4 is 11.5 Å². The molecule has 1 fully saturated rings. The van der Waals surface area contributed by atoms with E-state index in [1.807, 2.05) is 6.92 Å². The lowest BCUT2D eigenvalue weighted by molar-refractivity contribution is -0.384. The highest BCUT2D eigenvalue weighted by atomic mass is 16.6. The van der Waals surface area contributed by atoms with Gasteiger partial charge in [0, 0.05) is 20.1 Å². The lowest BCUT2D eigenvalue weighted by atomic mass is 9.93. The highest BCUT2D eigenvalue weighted by molar-refractivity contribution is 5.61. The van der Waals surface area contributed by atoms with E-state index < -0.39 is 0 Å². The van der Waals surface area contributed by atoms with Crippen LogP contribution in [0.3, 0.4) is 0 Å². The summed E-state index contributed by atoms with van der Waals surface area (Å²) in [6.45, 7) is 4.30. The van der Waals surface area contributed by atoms with Crippen LogP contribution in [0.2, 0.25) is 0 Å². The third-order valence-corrected chi connectivity index (χ3v) is 4.07. The molecule has 0 amide bonds. The minimum atomic E-state index is -0.298. The molecule has 0 radical (unpaired) electrons. The molecular formula is C13H23N5O2. The highest BCUT2D eigenvalue weighted by Gasteiger charge is 2.31. The maximum Gasteiger partial charge on any atom is 0.334 e. The normalized spacial score (nSPS) is 16.6. The monoisotopic (exact) mass is 281 g/mol. The van der Waals surface area contributed by atoms with E-state index in [1.54, 1.807) is 11.7 Å². The van der Waals surface area contributed by atoms with Crippen molar-refractivity contribution in [2.45, 2.75) is 32.6 Å². The van der Waals surface area contributed by atoms with E-state index in [2.05, 4.69) is 10.00 Å². The fraction of sp³-hybridized carbons (Fsp3) is 0.769. The zero-order valence-electron chi connectivity index (χ0n) is 12.2. The number of nitro groups is 1. The van der Waals surface area contributed by atoms with Crippen molar-refractivity contribution in [3.05, 3.63) is 15.8 Å². The molecule has 20 heavy (non-hydrogen) atoms. The maximum atomic E-state index is 11.3. The van der Waals surface area contributed by atoms with Crippen LogP contribution in [0.4, 0.5) is 11.5 Å². The van der Waals surface area contributed by atoms with E-state index in [4.69, 9.17) is 5.73 Å². The van der Waals surface area contributed by atoms with Gasteiger partial charge < -0.3 is 10.6 Å². The van der Waals surface area contributed by atoms with Crippen molar-refractivity contribution in [2.75, 3.05) is 24.5 Å². The van der Waals surface area contributed by atoms with Gasteiger partial charge in [-0.3, -0.25) is 10.1 Å². The third kappa shape index (κ3) is 2.77. The number of hydrogen-bond donors (Lipinski definition) is 1. The van der Waals surface area contributed by atoms with Gasteiger partial charge in [-0.05, 0) is 38.1 Å². The molecule has 1 aliphatic heterocycles. The van der Waals surface area contributed by atoms with E-state index >= 15 is 0 Å². The molecule has 112 valence electrons. The fourth-order valence-electron chi connectivity index (χ4n) is 3.01. The molecule has 0 aromatic carbocycles. The van der Waals surface area contributed by atoms with E-state index in [0.29, 0.717) is 23.9 Å². The number of rotatable bonds is 5. The summed E-state index contributed by atoms with van der Waals surface area (Å²) in [5, 5.41) is 15.6. The molecule has 7 heteroatoms. The molecule has 0 unspecified atom stereocenters. The third-order valence-electron chi connectivity index (χ3n) is 4.07. The average Bonchev–Trinajstić information content (AvgIpc) is 2.77. The Hall–Kier alpha value is -1.63. The Bertz CT molecular complexity index is 477. The van der Waals surface area contributed by atoms with Crippen molar-refractivity contribution in [1.82, 2.24) is 9.78 Å². The van der Waals surface area contributed by atoms with E-state index in [-0.39, 0.29) is 10.6 Å². The molecule has 2 heterocycles. The zero-order valence-corrected chi connectivity index (χ0v) is 12.2. The number of hydrogen-bond acceptors (Lipinski definition) is 5. The second-order valence-electron chi connectivity index (χ2n) is 5.36. The Balaban J connectivity index is 2.21. The Morgan fingerprint density at radius 3 is 2.60 bits per heavy atom. The molecule has 2 rings (SSSR count). The second kappa shape index (κ2) is 6.21. The minimum absolute atomic E-state index is 0.173. The number of anilines is 1. The van der Waals surface area contributed by atoms with Gasteiger partial charge in [-0.2, -0.15) is 5.10 Å². The predicted molar refractivity (Wildman–Crippen MR) is 77.8 cm³/mol. The Kier molecular flexibility index (Phi) is 4.59. The van der Waals surface area contributed by atoms with E-state index in [0.717, 1.165) is 38.9 Å². The van der Waals surface area contributed by atoms with Crippen LogP contribution in [0, 0.1) is 16.0 Å². The first-order valence-electron chi connectivity index (χ1n) is 7.23. The van der Waals surface area contributed by atoms with Gasteiger partial charge in [0.2, 0.25) is 5.82 Å². The van der Waals surface area contributed by atoms with Crippen molar-refractivity contribution < 1.29 is 4.92 Å². The van der Waals surface area contributed by atoms with Crippen molar-refractivity contribution in [3.63, 3.8) is 0 Å². The van der Waals surface area contributed by atoms with Crippen LogP contribution in [0.15, 0.2) is 0 Å². The molecule has 1 aromatic rings. The van der Waals surface area contributed by atoms with Gasteiger partial charge in [-0.25, -0.2) is 4.68 Å². The van der Waals surface area contributed by atoms with Crippen LogP contribution in [0.1, 0.15) is 31.9 Å². The Morgan fingerprint density at radius 1 is 1.45 bits per heavy atom. The molecule has 1 aromatic heterocycles. The predicted octanol–water partition coefficient (Wildman–Crippen LogP) is 1.46. The minimum Gasteiger partial charge on any atom is -0.351 e. The summed E-state index contributed by atoms with van der Waals surface area (Å²) in [5.74, 6) is 1.30. The molecule has 0 spiro atoms. The first-order chi connectivity index (χ1) is 9.58. The number of nitrogens with two attached hydrogens (primary N) is 1. The summed E-state index contributed by atoms with van der Waals surface area (Å²) in [6, 6.07) is 0. The van der Waals surface area contributed by atoms with Crippen LogP contribution in [0.5, 0.6) is 0 Å². The standard InChI is InChI=1S/C13H23N5O2/c1-3-11-12(18(19)20)13(16(2)15-11)17-8-5-10(4-7-14)6-9-17/h10H,3-9,14H2,1-2H3. The summed E-state index contributed by atoms with van der Waals surface area (Å²) in [6.07, 6.45) is 3.71. The van der Waals surface area contributed by atoms with Crippen LogP contribution >= 0.6 is 0 Å². The summed E-state index contributed by atoms with van der Waals surface area (Å²) in [7, 11) is 1.79. The molecule has 2 N–H and O–H groups in total. The number of nitrogens with zero attached hydrogens (tertiary/aromatic N) is 4. The van der Waals surface area contributed by atoms with E-state index in [1.165, 1.54) is 0 Å². The van der Waals surface area contributed by atoms with Crippen LogP contribution in [0.25, 0.3) is 0 Å². The SMILES string of the molecule is CCc1nn(C)c(N2CCC(CCN)CC2)c1[N+](=O)[O-]. The number of aryl methyl sites for hydroxylation is 2. The molecule has 7 nitrogen and oxygen atoms in total. The topological polar surface area (TPSA) is 90.2 Å². The van der Waals surface area contributed by atoms with Gasteiger partial charge in [0.15, 0.2) is 0 Å². The average molecular weight is 281 g/mol. The van der Waals surface area contributed by atoms with Gasteiger partial charge in [0.1, 0.15) is 5.69 Å². The van der Waals surface area contributed by atoms with Crippen molar-refractivity contribution in [2.24, 2.45) is 18.7 Å². The summed E-state index contributed by atoms with van der Waals surface area (Å²) in [5.41, 5.74) is 6.34. The molecular weight excluding hydrogens is 258 g/mol. The molecule has 0 aliphatic carbocycles. The zero-order chi connectivity index (χ0) is 14.7. The van der Waals surface area contributed by atoms with Gasteiger partial charge in [0.05, 0.1) is 4.92 Å². The molecule has 1 aliphatic rings. The number of aromatic nitrogens is 2. The Labute approximate surface area is 118 Å². The maximum absolute atomic E-state index is 11.3.